The first kappa shape index (κ1) is 5.96. The van der Waals surface area contributed by atoms with Crippen molar-refractivity contribution in [2.75, 3.05) is 0 Å². The SMILES string of the molecule is C1=CCC(=C2CC=CC2)C1. The van der Waals surface area contributed by atoms with E-state index in [1.54, 1.807) is 11.1 Å². The first-order valence-electron chi connectivity index (χ1n) is 3.96. The predicted molar refractivity (Wildman–Crippen MR) is 43.8 cm³/mol. The molecule has 0 radical (unpaired) electrons. The van der Waals surface area contributed by atoms with Gasteiger partial charge in [0.15, 0.2) is 0 Å². The van der Waals surface area contributed by atoms with Gasteiger partial charge in [0.25, 0.3) is 0 Å². The van der Waals surface area contributed by atoms with Crippen molar-refractivity contribution in [2.45, 2.75) is 25.7 Å². The van der Waals surface area contributed by atoms with Crippen molar-refractivity contribution in [1.29, 1.82) is 0 Å². The van der Waals surface area contributed by atoms with Gasteiger partial charge in [-0.1, -0.05) is 35.5 Å². The molecule has 0 nitrogen and oxygen atoms in total. The minimum Gasteiger partial charge on any atom is -0.0841 e. The Bertz CT molecular complexity index is 172. The van der Waals surface area contributed by atoms with Gasteiger partial charge in [0.1, 0.15) is 0 Å². The Morgan fingerprint density at radius 3 is 1.20 bits per heavy atom. The van der Waals surface area contributed by atoms with Crippen LogP contribution in [-0.4, -0.2) is 0 Å². The molecule has 0 aromatic heterocycles. The summed E-state index contributed by atoms with van der Waals surface area (Å²) in [5.41, 5.74) is 3.34. The molecule has 0 atom stereocenters. The van der Waals surface area contributed by atoms with Gasteiger partial charge in [0, 0.05) is 0 Å². The number of hydrogen-bond donors (Lipinski definition) is 0. The third-order valence-corrected chi connectivity index (χ3v) is 2.29. The molecule has 0 aliphatic heterocycles. The fourth-order valence-corrected chi connectivity index (χ4v) is 1.65. The van der Waals surface area contributed by atoms with Gasteiger partial charge >= 0.3 is 0 Å². The lowest BCUT2D eigenvalue weighted by molar-refractivity contribution is 1.05. The van der Waals surface area contributed by atoms with E-state index in [1.807, 2.05) is 0 Å². The Kier molecular flexibility index (Phi) is 1.46. The molecule has 0 aromatic rings. The standard InChI is InChI=1S/C10H12/c1-2-6-9(5-1)10-7-3-4-8-10/h1-4H,5-8H2. The van der Waals surface area contributed by atoms with Gasteiger partial charge in [0.2, 0.25) is 0 Å². The quantitative estimate of drug-likeness (QED) is 0.444. The Labute approximate surface area is 61.9 Å². The third kappa shape index (κ3) is 0.942. The first-order chi connectivity index (χ1) is 4.97. The topological polar surface area (TPSA) is 0 Å². The van der Waals surface area contributed by atoms with Crippen molar-refractivity contribution in [3.63, 3.8) is 0 Å². The number of hydrogen-bond acceptors (Lipinski definition) is 0. The smallest absolute Gasteiger partial charge is 0.0133 e. The largest absolute Gasteiger partial charge is 0.0841 e. The minimum absolute atomic E-state index is 1.22. The molecule has 0 bridgehead atoms. The maximum atomic E-state index is 2.28. The molecule has 0 heteroatoms. The molecular formula is C10H12. The summed E-state index contributed by atoms with van der Waals surface area (Å²) in [6.07, 6.45) is 14.0. The maximum absolute atomic E-state index is 2.28. The average Bonchev–Trinajstić information content (AvgIpc) is 2.59. The third-order valence-electron chi connectivity index (χ3n) is 2.29. The van der Waals surface area contributed by atoms with Crippen LogP contribution < -0.4 is 0 Å². The molecule has 0 N–H and O–H groups in total. The second kappa shape index (κ2) is 2.45. The van der Waals surface area contributed by atoms with Crippen LogP contribution in [0.5, 0.6) is 0 Å². The lowest BCUT2D eigenvalue weighted by atomic mass is 10.0. The molecule has 2 rings (SSSR count). The Hall–Kier alpha value is -0.780. The predicted octanol–water partition coefficient (Wildman–Crippen LogP) is 2.98. The molecule has 2 aliphatic carbocycles. The maximum Gasteiger partial charge on any atom is -0.0133 e. The molecule has 0 saturated heterocycles. The van der Waals surface area contributed by atoms with E-state index in [-0.39, 0.29) is 0 Å². The Morgan fingerprint density at radius 2 is 0.900 bits per heavy atom. The van der Waals surface area contributed by atoms with E-state index in [0.29, 0.717) is 0 Å². The molecule has 0 unspecified atom stereocenters. The fourth-order valence-electron chi connectivity index (χ4n) is 1.65. The normalized spacial score (nSPS) is 23.2. The van der Waals surface area contributed by atoms with Crippen LogP contribution >= 0.6 is 0 Å². The molecule has 52 valence electrons. The Morgan fingerprint density at radius 1 is 0.600 bits per heavy atom. The van der Waals surface area contributed by atoms with Gasteiger partial charge in [0.05, 0.1) is 0 Å². The molecule has 0 aromatic carbocycles. The van der Waals surface area contributed by atoms with E-state index < -0.39 is 0 Å². The highest BCUT2D eigenvalue weighted by Gasteiger charge is 2.08. The second-order valence-corrected chi connectivity index (χ2v) is 2.97. The van der Waals surface area contributed by atoms with E-state index in [9.17, 15) is 0 Å². The molecule has 0 spiro atoms. The summed E-state index contributed by atoms with van der Waals surface area (Å²) in [4.78, 5) is 0. The highest BCUT2D eigenvalue weighted by Crippen LogP contribution is 2.28. The lowest BCUT2D eigenvalue weighted by Gasteiger charge is -2.01. The molecular weight excluding hydrogens is 120 g/mol. The van der Waals surface area contributed by atoms with Crippen molar-refractivity contribution in [2.24, 2.45) is 0 Å². The Balaban J connectivity index is 2.14. The summed E-state index contributed by atoms with van der Waals surface area (Å²) in [5.74, 6) is 0. The lowest BCUT2D eigenvalue weighted by Crippen LogP contribution is -1.81. The van der Waals surface area contributed by atoms with E-state index in [4.69, 9.17) is 0 Å². The summed E-state index contributed by atoms with van der Waals surface area (Å²) in [5, 5.41) is 0. The average molecular weight is 132 g/mol. The van der Waals surface area contributed by atoms with Crippen molar-refractivity contribution in [1.82, 2.24) is 0 Å². The van der Waals surface area contributed by atoms with E-state index in [1.165, 1.54) is 25.7 Å². The zero-order chi connectivity index (χ0) is 6.81. The van der Waals surface area contributed by atoms with E-state index in [2.05, 4.69) is 24.3 Å². The van der Waals surface area contributed by atoms with Crippen LogP contribution in [0, 0.1) is 0 Å². The molecule has 0 amide bonds. The molecule has 0 saturated carbocycles. The highest BCUT2D eigenvalue weighted by atomic mass is 14.1. The summed E-state index contributed by atoms with van der Waals surface area (Å²) in [7, 11) is 0. The molecule has 10 heavy (non-hydrogen) atoms. The van der Waals surface area contributed by atoms with Crippen molar-refractivity contribution in [3.05, 3.63) is 35.5 Å². The van der Waals surface area contributed by atoms with Crippen LogP contribution in [0.3, 0.4) is 0 Å². The van der Waals surface area contributed by atoms with Crippen molar-refractivity contribution < 1.29 is 0 Å². The van der Waals surface area contributed by atoms with Crippen molar-refractivity contribution >= 4 is 0 Å². The summed E-state index contributed by atoms with van der Waals surface area (Å²) in [6, 6.07) is 0. The summed E-state index contributed by atoms with van der Waals surface area (Å²) in [6.45, 7) is 0. The van der Waals surface area contributed by atoms with Crippen LogP contribution in [0.25, 0.3) is 0 Å². The zero-order valence-corrected chi connectivity index (χ0v) is 6.14. The highest BCUT2D eigenvalue weighted by molar-refractivity contribution is 5.30. The summed E-state index contributed by atoms with van der Waals surface area (Å²) >= 11 is 0. The fraction of sp³-hybridized carbons (Fsp3) is 0.400. The van der Waals surface area contributed by atoms with Crippen LogP contribution in [0.2, 0.25) is 0 Å². The second-order valence-electron chi connectivity index (χ2n) is 2.97. The van der Waals surface area contributed by atoms with Gasteiger partial charge in [-0.05, 0) is 25.7 Å². The van der Waals surface area contributed by atoms with Crippen molar-refractivity contribution in [3.8, 4) is 0 Å². The summed E-state index contributed by atoms with van der Waals surface area (Å²) < 4.78 is 0. The number of rotatable bonds is 0. The zero-order valence-electron chi connectivity index (χ0n) is 6.14. The van der Waals surface area contributed by atoms with Gasteiger partial charge in [-0.2, -0.15) is 0 Å². The molecule has 0 fully saturated rings. The molecule has 0 heterocycles. The van der Waals surface area contributed by atoms with Gasteiger partial charge in [-0.3, -0.25) is 0 Å². The number of allylic oxidation sites excluding steroid dienone is 6. The first-order valence-corrected chi connectivity index (χ1v) is 3.96. The molecule has 2 aliphatic rings. The minimum atomic E-state index is 1.22. The van der Waals surface area contributed by atoms with Gasteiger partial charge < -0.3 is 0 Å². The van der Waals surface area contributed by atoms with Crippen LogP contribution in [0.4, 0.5) is 0 Å². The van der Waals surface area contributed by atoms with Gasteiger partial charge in [-0.25, -0.2) is 0 Å². The van der Waals surface area contributed by atoms with Crippen LogP contribution in [0.1, 0.15) is 25.7 Å². The monoisotopic (exact) mass is 132 g/mol. The van der Waals surface area contributed by atoms with Crippen LogP contribution in [-0.2, 0) is 0 Å². The van der Waals surface area contributed by atoms with Crippen LogP contribution in [0.15, 0.2) is 35.5 Å². The van der Waals surface area contributed by atoms with E-state index >= 15 is 0 Å². The van der Waals surface area contributed by atoms with E-state index in [0.717, 1.165) is 0 Å². The van der Waals surface area contributed by atoms with Gasteiger partial charge in [-0.15, -0.1) is 0 Å².